The highest BCUT2D eigenvalue weighted by atomic mass is 16.5. The number of amides is 2. The Hall–Kier alpha value is -3.67. The minimum Gasteiger partial charge on any atom is -0.497 e. The van der Waals surface area contributed by atoms with E-state index >= 15 is 0 Å². The zero-order valence-electron chi connectivity index (χ0n) is 16.2. The van der Waals surface area contributed by atoms with Crippen LogP contribution in [0.4, 0.5) is 0 Å². The minimum absolute atomic E-state index is 0.211. The average Bonchev–Trinajstić information content (AvgIpc) is 2.78. The van der Waals surface area contributed by atoms with Gasteiger partial charge in [-0.2, -0.15) is 0 Å². The van der Waals surface area contributed by atoms with Crippen molar-refractivity contribution in [3.05, 3.63) is 95.3 Å². The Labute approximate surface area is 169 Å². The molecule has 0 atom stereocenters. The molecule has 3 rings (SSSR count). The second-order valence-electron chi connectivity index (χ2n) is 6.46. The first kappa shape index (κ1) is 20.1. The molecule has 1 heterocycles. The maximum Gasteiger partial charge on any atom is 0.269 e. The number of pyridine rings is 1. The van der Waals surface area contributed by atoms with Crippen molar-refractivity contribution in [2.24, 2.45) is 0 Å². The number of methoxy groups -OCH3 is 1. The number of nitrogens with one attached hydrogen (secondary N) is 2. The Balaban J connectivity index is 1.53. The first-order chi connectivity index (χ1) is 14.2. The van der Waals surface area contributed by atoms with Crippen molar-refractivity contribution in [3.63, 3.8) is 0 Å². The second kappa shape index (κ2) is 10.0. The van der Waals surface area contributed by atoms with E-state index in [1.165, 1.54) is 12.3 Å². The molecular weight excluding hydrogens is 366 g/mol. The van der Waals surface area contributed by atoms with Gasteiger partial charge >= 0.3 is 0 Å². The summed E-state index contributed by atoms with van der Waals surface area (Å²) in [6.45, 7) is 0.877. The van der Waals surface area contributed by atoms with Crippen LogP contribution in [0.25, 0.3) is 0 Å². The van der Waals surface area contributed by atoms with E-state index in [2.05, 4.69) is 15.6 Å². The molecule has 0 bridgehead atoms. The average molecular weight is 389 g/mol. The third kappa shape index (κ3) is 5.90. The fraction of sp³-hybridized carbons (Fsp3) is 0.174. The van der Waals surface area contributed by atoms with E-state index in [4.69, 9.17) is 4.74 Å². The Morgan fingerprint density at radius 3 is 2.48 bits per heavy atom. The summed E-state index contributed by atoms with van der Waals surface area (Å²) in [5, 5.41) is 5.68. The number of benzene rings is 2. The number of carbonyl (C=O) groups is 2. The van der Waals surface area contributed by atoms with Crippen LogP contribution in [0.15, 0.2) is 72.9 Å². The molecule has 0 radical (unpaired) electrons. The Morgan fingerprint density at radius 1 is 0.897 bits per heavy atom. The van der Waals surface area contributed by atoms with Crippen LogP contribution < -0.4 is 15.4 Å². The summed E-state index contributed by atoms with van der Waals surface area (Å²) in [5.74, 6) is 0.219. The molecule has 0 aliphatic rings. The van der Waals surface area contributed by atoms with Crippen molar-refractivity contribution in [2.45, 2.75) is 13.0 Å². The predicted molar refractivity (Wildman–Crippen MR) is 111 cm³/mol. The van der Waals surface area contributed by atoms with Crippen molar-refractivity contribution in [2.75, 3.05) is 13.7 Å². The van der Waals surface area contributed by atoms with Crippen molar-refractivity contribution in [3.8, 4) is 5.75 Å². The number of hydrogen-bond acceptors (Lipinski definition) is 4. The normalized spacial score (nSPS) is 10.2. The van der Waals surface area contributed by atoms with Gasteiger partial charge in [-0.15, -0.1) is 0 Å². The number of aromatic nitrogens is 1. The summed E-state index contributed by atoms with van der Waals surface area (Å²) in [6, 6.07) is 20.4. The molecule has 0 saturated carbocycles. The van der Waals surface area contributed by atoms with Gasteiger partial charge in [0.25, 0.3) is 11.8 Å². The molecule has 1 aromatic heterocycles. The Morgan fingerprint density at radius 2 is 1.69 bits per heavy atom. The molecule has 0 spiro atoms. The molecule has 0 unspecified atom stereocenters. The summed E-state index contributed by atoms with van der Waals surface area (Å²) in [4.78, 5) is 28.8. The van der Waals surface area contributed by atoms with Gasteiger partial charge in [-0.1, -0.05) is 42.5 Å². The topological polar surface area (TPSA) is 80.3 Å². The number of nitrogens with zero attached hydrogens (tertiary/aromatic N) is 1. The van der Waals surface area contributed by atoms with Crippen molar-refractivity contribution in [1.82, 2.24) is 15.6 Å². The molecule has 2 aromatic carbocycles. The first-order valence-electron chi connectivity index (χ1n) is 9.35. The van der Waals surface area contributed by atoms with E-state index in [9.17, 15) is 9.59 Å². The predicted octanol–water partition coefficient (Wildman–Crippen LogP) is 2.99. The standard InChI is InChI=1S/C23H23N3O3/c1-29-20-9-5-8-17(14-20)10-12-25-23(28)21-15-19(11-13-24-21)22(27)26-16-18-6-3-2-4-7-18/h2-9,11,13-15H,10,12,16H2,1H3,(H,25,28)(H,26,27). The third-order valence-electron chi connectivity index (χ3n) is 4.38. The lowest BCUT2D eigenvalue weighted by Crippen LogP contribution is -2.27. The Bertz CT molecular complexity index is 974. The van der Waals surface area contributed by atoms with Gasteiger partial charge in [-0.05, 0) is 41.8 Å². The van der Waals surface area contributed by atoms with E-state index in [-0.39, 0.29) is 17.5 Å². The fourth-order valence-corrected chi connectivity index (χ4v) is 2.82. The molecular formula is C23H23N3O3. The molecule has 148 valence electrons. The molecule has 2 N–H and O–H groups in total. The highest BCUT2D eigenvalue weighted by Crippen LogP contribution is 2.12. The molecule has 0 fully saturated rings. The molecule has 0 aliphatic carbocycles. The largest absolute Gasteiger partial charge is 0.497 e. The molecule has 0 aliphatic heterocycles. The van der Waals surface area contributed by atoms with Gasteiger partial charge in [0.2, 0.25) is 0 Å². The van der Waals surface area contributed by atoms with Gasteiger partial charge in [0.1, 0.15) is 11.4 Å². The van der Waals surface area contributed by atoms with Crippen LogP contribution in [0.5, 0.6) is 5.75 Å². The lowest BCUT2D eigenvalue weighted by Gasteiger charge is -2.08. The van der Waals surface area contributed by atoms with Gasteiger partial charge in [-0.25, -0.2) is 0 Å². The van der Waals surface area contributed by atoms with Gasteiger partial charge in [-0.3, -0.25) is 14.6 Å². The summed E-state index contributed by atoms with van der Waals surface area (Å²) >= 11 is 0. The van der Waals surface area contributed by atoms with E-state index < -0.39 is 0 Å². The fourth-order valence-electron chi connectivity index (χ4n) is 2.82. The third-order valence-corrected chi connectivity index (χ3v) is 4.38. The highest BCUT2D eigenvalue weighted by molar-refractivity contribution is 5.98. The van der Waals surface area contributed by atoms with Crippen LogP contribution in [0.2, 0.25) is 0 Å². The Kier molecular flexibility index (Phi) is 6.95. The molecule has 3 aromatic rings. The van der Waals surface area contributed by atoms with Crippen LogP contribution in [-0.2, 0) is 13.0 Å². The molecule has 6 nitrogen and oxygen atoms in total. The molecule has 0 saturated heterocycles. The van der Waals surface area contributed by atoms with Crippen molar-refractivity contribution >= 4 is 11.8 Å². The van der Waals surface area contributed by atoms with E-state index in [0.717, 1.165) is 16.9 Å². The smallest absolute Gasteiger partial charge is 0.269 e. The number of rotatable bonds is 8. The first-order valence-corrected chi connectivity index (χ1v) is 9.35. The maximum atomic E-state index is 12.4. The molecule has 6 heteroatoms. The van der Waals surface area contributed by atoms with E-state index in [0.29, 0.717) is 25.1 Å². The van der Waals surface area contributed by atoms with E-state index in [1.54, 1.807) is 13.2 Å². The van der Waals surface area contributed by atoms with Crippen LogP contribution in [0.3, 0.4) is 0 Å². The van der Waals surface area contributed by atoms with Crippen LogP contribution in [0, 0.1) is 0 Å². The summed E-state index contributed by atoms with van der Waals surface area (Å²) < 4.78 is 5.20. The van der Waals surface area contributed by atoms with Crippen LogP contribution >= 0.6 is 0 Å². The van der Waals surface area contributed by atoms with Crippen molar-refractivity contribution in [1.29, 1.82) is 0 Å². The van der Waals surface area contributed by atoms with E-state index in [1.807, 2.05) is 54.6 Å². The quantitative estimate of drug-likeness (QED) is 0.621. The minimum atomic E-state index is -0.314. The summed E-state index contributed by atoms with van der Waals surface area (Å²) in [7, 11) is 1.62. The lowest BCUT2D eigenvalue weighted by molar-refractivity contribution is 0.0949. The molecule has 2 amide bonds. The zero-order chi connectivity index (χ0) is 20.5. The van der Waals surface area contributed by atoms with Gasteiger partial charge in [0, 0.05) is 24.8 Å². The monoisotopic (exact) mass is 389 g/mol. The lowest BCUT2D eigenvalue weighted by atomic mass is 10.1. The van der Waals surface area contributed by atoms with Crippen LogP contribution in [-0.4, -0.2) is 30.5 Å². The second-order valence-corrected chi connectivity index (χ2v) is 6.46. The van der Waals surface area contributed by atoms with Gasteiger partial charge < -0.3 is 15.4 Å². The molecule has 29 heavy (non-hydrogen) atoms. The highest BCUT2D eigenvalue weighted by Gasteiger charge is 2.11. The maximum absolute atomic E-state index is 12.4. The zero-order valence-corrected chi connectivity index (χ0v) is 16.2. The van der Waals surface area contributed by atoms with Gasteiger partial charge in [0.15, 0.2) is 0 Å². The van der Waals surface area contributed by atoms with Gasteiger partial charge in [0.05, 0.1) is 7.11 Å². The SMILES string of the molecule is COc1cccc(CCNC(=O)c2cc(C(=O)NCc3ccccc3)ccn2)c1. The summed E-state index contributed by atoms with van der Waals surface area (Å²) in [5.41, 5.74) is 2.67. The summed E-state index contributed by atoms with van der Waals surface area (Å²) in [6.07, 6.45) is 2.13. The number of ether oxygens (including phenoxy) is 1. The number of carbonyl (C=O) groups excluding carboxylic acids is 2. The van der Waals surface area contributed by atoms with Crippen molar-refractivity contribution < 1.29 is 14.3 Å². The number of hydrogen-bond donors (Lipinski definition) is 2. The van der Waals surface area contributed by atoms with Crippen LogP contribution in [0.1, 0.15) is 32.0 Å².